The molecule has 1 aliphatic rings. The van der Waals surface area contributed by atoms with Gasteiger partial charge in [0.2, 0.25) is 0 Å². The standard InChI is InChI=1S/C29H36N2/c1-3-5-6-7-8-9-23-12-16-25(17-13-23)27-19-18-26(28(20-30)29(27)21-31)24-14-10-22(4-2)11-15-24/h10-11,14-15,18-19,23,25H,3-9,12-13,16-17H2,1-2H3. The molecule has 0 unspecified atom stereocenters. The van der Waals surface area contributed by atoms with Gasteiger partial charge >= 0.3 is 0 Å². The zero-order valence-corrected chi connectivity index (χ0v) is 19.3. The summed E-state index contributed by atoms with van der Waals surface area (Å²) in [6.07, 6.45) is 13.9. The smallest absolute Gasteiger partial charge is 0.101 e. The molecule has 0 heterocycles. The number of benzene rings is 2. The Morgan fingerprint density at radius 2 is 1.45 bits per heavy atom. The first kappa shape index (κ1) is 23.1. The Hall–Kier alpha value is -2.58. The van der Waals surface area contributed by atoms with Gasteiger partial charge < -0.3 is 0 Å². The van der Waals surface area contributed by atoms with E-state index in [1.807, 2.05) is 0 Å². The monoisotopic (exact) mass is 412 g/mol. The van der Waals surface area contributed by atoms with Gasteiger partial charge in [-0.25, -0.2) is 0 Å². The van der Waals surface area contributed by atoms with Crippen molar-refractivity contribution in [3.63, 3.8) is 0 Å². The number of hydrogen-bond donors (Lipinski definition) is 0. The quantitative estimate of drug-likeness (QED) is 0.389. The predicted molar refractivity (Wildman–Crippen MR) is 129 cm³/mol. The molecule has 162 valence electrons. The lowest BCUT2D eigenvalue weighted by Crippen LogP contribution is -2.15. The summed E-state index contributed by atoms with van der Waals surface area (Å²) in [5.74, 6) is 1.25. The summed E-state index contributed by atoms with van der Waals surface area (Å²) >= 11 is 0. The fraction of sp³-hybridized carbons (Fsp3) is 0.517. The van der Waals surface area contributed by atoms with Crippen LogP contribution in [0.3, 0.4) is 0 Å². The Kier molecular flexibility index (Phi) is 8.73. The summed E-state index contributed by atoms with van der Waals surface area (Å²) in [6.45, 7) is 4.41. The summed E-state index contributed by atoms with van der Waals surface area (Å²) in [5.41, 5.74) is 5.41. The minimum atomic E-state index is 0.412. The number of unbranched alkanes of at least 4 members (excludes halogenated alkanes) is 4. The van der Waals surface area contributed by atoms with Gasteiger partial charge in [0.15, 0.2) is 0 Å². The maximum absolute atomic E-state index is 9.95. The van der Waals surface area contributed by atoms with Gasteiger partial charge in [0.25, 0.3) is 0 Å². The molecular formula is C29H36N2. The number of nitriles is 2. The second-order valence-electron chi connectivity index (χ2n) is 9.15. The van der Waals surface area contributed by atoms with Crippen LogP contribution in [-0.2, 0) is 6.42 Å². The highest BCUT2D eigenvalue weighted by Crippen LogP contribution is 2.41. The third-order valence-electron chi connectivity index (χ3n) is 7.14. The van der Waals surface area contributed by atoms with E-state index in [-0.39, 0.29) is 0 Å². The molecule has 1 saturated carbocycles. The molecule has 0 amide bonds. The Labute approximate surface area is 188 Å². The first-order chi connectivity index (χ1) is 15.2. The van der Waals surface area contributed by atoms with Crippen molar-refractivity contribution in [3.8, 4) is 23.3 Å². The van der Waals surface area contributed by atoms with Crippen LogP contribution in [0.15, 0.2) is 36.4 Å². The summed E-state index contributed by atoms with van der Waals surface area (Å²) < 4.78 is 0. The lowest BCUT2D eigenvalue weighted by atomic mass is 9.75. The Bertz CT molecular complexity index is 919. The zero-order valence-electron chi connectivity index (χ0n) is 19.3. The first-order valence-corrected chi connectivity index (χ1v) is 12.3. The van der Waals surface area contributed by atoms with Crippen molar-refractivity contribution >= 4 is 0 Å². The summed E-state index contributed by atoms with van der Waals surface area (Å²) in [4.78, 5) is 0. The molecule has 0 bridgehead atoms. The molecule has 0 atom stereocenters. The fourth-order valence-electron chi connectivity index (χ4n) is 5.15. The maximum Gasteiger partial charge on any atom is 0.101 e. The topological polar surface area (TPSA) is 47.6 Å². The van der Waals surface area contributed by atoms with Gasteiger partial charge in [-0.2, -0.15) is 10.5 Å². The Morgan fingerprint density at radius 3 is 2.06 bits per heavy atom. The van der Waals surface area contributed by atoms with Gasteiger partial charge in [-0.1, -0.05) is 88.8 Å². The highest BCUT2D eigenvalue weighted by Gasteiger charge is 2.26. The predicted octanol–water partition coefficient (Wildman–Crippen LogP) is 8.29. The van der Waals surface area contributed by atoms with Crippen LogP contribution < -0.4 is 0 Å². The third-order valence-corrected chi connectivity index (χ3v) is 7.14. The molecule has 1 fully saturated rings. The Morgan fingerprint density at radius 1 is 0.774 bits per heavy atom. The minimum absolute atomic E-state index is 0.412. The van der Waals surface area contributed by atoms with E-state index >= 15 is 0 Å². The second kappa shape index (κ2) is 11.7. The molecule has 31 heavy (non-hydrogen) atoms. The van der Waals surface area contributed by atoms with Crippen LogP contribution in [0.1, 0.15) is 106 Å². The molecule has 0 aliphatic heterocycles. The van der Waals surface area contributed by atoms with Gasteiger partial charge in [0.05, 0.1) is 11.1 Å². The van der Waals surface area contributed by atoms with Crippen LogP contribution in [0.4, 0.5) is 0 Å². The number of rotatable bonds is 9. The Balaban J connectivity index is 1.71. The molecular weight excluding hydrogens is 376 g/mol. The molecule has 0 radical (unpaired) electrons. The van der Waals surface area contributed by atoms with Crippen LogP contribution in [-0.4, -0.2) is 0 Å². The minimum Gasteiger partial charge on any atom is -0.192 e. The van der Waals surface area contributed by atoms with Crippen molar-refractivity contribution in [2.24, 2.45) is 5.92 Å². The lowest BCUT2D eigenvalue weighted by Gasteiger charge is -2.29. The molecule has 2 aromatic carbocycles. The van der Waals surface area contributed by atoms with Gasteiger partial charge in [-0.05, 0) is 60.6 Å². The van der Waals surface area contributed by atoms with Crippen molar-refractivity contribution in [3.05, 3.63) is 58.7 Å². The van der Waals surface area contributed by atoms with Crippen molar-refractivity contribution in [2.45, 2.75) is 90.4 Å². The highest BCUT2D eigenvalue weighted by atomic mass is 14.3. The van der Waals surface area contributed by atoms with Gasteiger partial charge in [-0.15, -0.1) is 0 Å². The van der Waals surface area contributed by atoms with E-state index in [9.17, 15) is 10.5 Å². The molecule has 2 aromatic rings. The van der Waals surface area contributed by atoms with Crippen LogP contribution in [0, 0.1) is 28.6 Å². The summed E-state index contributed by atoms with van der Waals surface area (Å²) in [7, 11) is 0. The average Bonchev–Trinajstić information content (AvgIpc) is 2.83. The van der Waals surface area contributed by atoms with Gasteiger partial charge in [0, 0.05) is 5.56 Å². The van der Waals surface area contributed by atoms with Crippen molar-refractivity contribution < 1.29 is 0 Å². The number of nitrogens with zero attached hydrogens (tertiary/aromatic N) is 2. The average molecular weight is 413 g/mol. The lowest BCUT2D eigenvalue weighted by molar-refractivity contribution is 0.301. The largest absolute Gasteiger partial charge is 0.192 e. The van der Waals surface area contributed by atoms with Crippen LogP contribution in [0.25, 0.3) is 11.1 Å². The molecule has 0 spiro atoms. The SMILES string of the molecule is CCCCCCCC1CCC(c2ccc(-c3ccc(CC)cc3)c(C#N)c2C#N)CC1. The zero-order chi connectivity index (χ0) is 22.1. The molecule has 2 heteroatoms. The molecule has 1 aliphatic carbocycles. The van der Waals surface area contributed by atoms with Crippen LogP contribution in [0.5, 0.6) is 0 Å². The van der Waals surface area contributed by atoms with E-state index in [1.165, 1.54) is 56.9 Å². The first-order valence-electron chi connectivity index (χ1n) is 12.3. The summed E-state index contributed by atoms with van der Waals surface area (Å²) in [6, 6.07) is 17.3. The van der Waals surface area contributed by atoms with E-state index < -0.39 is 0 Å². The van der Waals surface area contributed by atoms with Crippen molar-refractivity contribution in [1.82, 2.24) is 0 Å². The highest BCUT2D eigenvalue weighted by molar-refractivity contribution is 5.75. The van der Waals surface area contributed by atoms with Crippen LogP contribution in [0.2, 0.25) is 0 Å². The van der Waals surface area contributed by atoms with E-state index in [1.54, 1.807) is 0 Å². The summed E-state index contributed by atoms with van der Waals surface area (Å²) in [5, 5.41) is 19.9. The second-order valence-corrected chi connectivity index (χ2v) is 9.15. The molecule has 3 rings (SSSR count). The van der Waals surface area contributed by atoms with Gasteiger partial charge in [-0.3, -0.25) is 0 Å². The molecule has 2 nitrogen and oxygen atoms in total. The molecule has 0 N–H and O–H groups in total. The maximum atomic E-state index is 9.95. The van der Waals surface area contributed by atoms with E-state index in [0.29, 0.717) is 17.0 Å². The number of hydrogen-bond acceptors (Lipinski definition) is 2. The van der Waals surface area contributed by atoms with Crippen molar-refractivity contribution in [1.29, 1.82) is 10.5 Å². The van der Waals surface area contributed by atoms with E-state index in [2.05, 4.69) is 62.4 Å². The van der Waals surface area contributed by atoms with Crippen molar-refractivity contribution in [2.75, 3.05) is 0 Å². The normalized spacial score (nSPS) is 18.3. The molecule has 0 saturated heterocycles. The van der Waals surface area contributed by atoms with Gasteiger partial charge in [0.1, 0.15) is 12.1 Å². The van der Waals surface area contributed by atoms with E-state index in [4.69, 9.17) is 0 Å². The fourth-order valence-corrected chi connectivity index (χ4v) is 5.15. The third kappa shape index (κ3) is 5.77. The number of aryl methyl sites for hydroxylation is 1. The van der Waals surface area contributed by atoms with E-state index in [0.717, 1.165) is 41.9 Å². The van der Waals surface area contributed by atoms with Crippen LogP contribution >= 0.6 is 0 Å². The molecule has 0 aromatic heterocycles.